The summed E-state index contributed by atoms with van der Waals surface area (Å²) in [5.41, 5.74) is 5.68. The van der Waals surface area contributed by atoms with Crippen LogP contribution in [0.1, 0.15) is 40.0 Å². The van der Waals surface area contributed by atoms with Gasteiger partial charge in [-0.25, -0.2) is 0 Å². The fourth-order valence-corrected chi connectivity index (χ4v) is 4.50. The standard InChI is InChI=1S/C11H25N3O2S/c1-4-13(10(2)3)17(15,16)14-8-6-5-7-11(14)9-12/h10-11H,4-9,12H2,1-3H3. The normalized spacial score (nSPS) is 23.5. The van der Waals surface area contributed by atoms with Gasteiger partial charge in [0.2, 0.25) is 0 Å². The van der Waals surface area contributed by atoms with E-state index < -0.39 is 10.2 Å². The molecule has 1 aliphatic heterocycles. The first-order valence-corrected chi connectivity index (χ1v) is 7.83. The first kappa shape index (κ1) is 14.9. The minimum absolute atomic E-state index is 0.00893. The summed E-state index contributed by atoms with van der Waals surface area (Å²) in [5, 5.41) is 0. The van der Waals surface area contributed by atoms with Crippen LogP contribution in [0.2, 0.25) is 0 Å². The summed E-state index contributed by atoms with van der Waals surface area (Å²) >= 11 is 0. The predicted molar refractivity (Wildman–Crippen MR) is 69.8 cm³/mol. The summed E-state index contributed by atoms with van der Waals surface area (Å²) in [7, 11) is -3.35. The van der Waals surface area contributed by atoms with E-state index in [9.17, 15) is 8.42 Å². The molecule has 1 heterocycles. The van der Waals surface area contributed by atoms with Gasteiger partial charge in [-0.05, 0) is 26.7 Å². The second-order valence-corrected chi connectivity index (χ2v) is 6.63. The van der Waals surface area contributed by atoms with Crippen LogP contribution in [0.4, 0.5) is 0 Å². The van der Waals surface area contributed by atoms with Gasteiger partial charge in [-0.1, -0.05) is 13.3 Å². The van der Waals surface area contributed by atoms with Gasteiger partial charge in [0.25, 0.3) is 10.2 Å². The molecule has 1 saturated heterocycles. The minimum atomic E-state index is -3.35. The molecule has 102 valence electrons. The second-order valence-electron chi connectivity index (χ2n) is 4.80. The molecule has 0 amide bonds. The van der Waals surface area contributed by atoms with E-state index in [1.165, 1.54) is 0 Å². The van der Waals surface area contributed by atoms with Crippen molar-refractivity contribution < 1.29 is 8.42 Å². The SMILES string of the molecule is CCN(C(C)C)S(=O)(=O)N1CCCCC1CN. The lowest BCUT2D eigenvalue weighted by Gasteiger charge is -2.38. The molecule has 6 heteroatoms. The van der Waals surface area contributed by atoms with Crippen LogP contribution in [0, 0.1) is 0 Å². The average molecular weight is 263 g/mol. The Hall–Kier alpha value is -0.170. The minimum Gasteiger partial charge on any atom is -0.329 e. The fourth-order valence-electron chi connectivity index (χ4n) is 2.44. The molecule has 1 atom stereocenters. The van der Waals surface area contributed by atoms with Crippen molar-refractivity contribution in [1.82, 2.24) is 8.61 Å². The van der Waals surface area contributed by atoms with Crippen LogP contribution < -0.4 is 5.73 Å². The zero-order chi connectivity index (χ0) is 13.1. The number of nitrogens with zero attached hydrogens (tertiary/aromatic N) is 2. The summed E-state index contributed by atoms with van der Waals surface area (Å²) in [6.45, 7) is 7.21. The van der Waals surface area contributed by atoms with Crippen LogP contribution in [-0.4, -0.2) is 48.7 Å². The van der Waals surface area contributed by atoms with Gasteiger partial charge in [0.1, 0.15) is 0 Å². The molecule has 5 nitrogen and oxygen atoms in total. The molecule has 0 aromatic rings. The molecule has 1 unspecified atom stereocenters. The van der Waals surface area contributed by atoms with E-state index in [4.69, 9.17) is 5.73 Å². The van der Waals surface area contributed by atoms with Crippen LogP contribution >= 0.6 is 0 Å². The van der Waals surface area contributed by atoms with Gasteiger partial charge in [-0.2, -0.15) is 17.0 Å². The first-order chi connectivity index (χ1) is 7.95. The third-order valence-corrected chi connectivity index (χ3v) is 5.67. The van der Waals surface area contributed by atoms with E-state index in [0.29, 0.717) is 19.6 Å². The number of piperidine rings is 1. The molecule has 0 spiro atoms. The number of nitrogens with two attached hydrogens (primary N) is 1. The summed E-state index contributed by atoms with van der Waals surface area (Å²) in [5.74, 6) is 0. The Balaban J connectivity index is 2.94. The van der Waals surface area contributed by atoms with Crippen molar-refractivity contribution >= 4 is 10.2 Å². The van der Waals surface area contributed by atoms with Crippen LogP contribution in [-0.2, 0) is 10.2 Å². The molecular weight excluding hydrogens is 238 g/mol. The molecule has 0 saturated carbocycles. The van der Waals surface area contributed by atoms with E-state index in [1.54, 1.807) is 8.61 Å². The zero-order valence-corrected chi connectivity index (χ0v) is 11.9. The van der Waals surface area contributed by atoms with E-state index in [2.05, 4.69) is 0 Å². The van der Waals surface area contributed by atoms with E-state index in [0.717, 1.165) is 19.3 Å². The lowest BCUT2D eigenvalue weighted by Crippen LogP contribution is -2.54. The lowest BCUT2D eigenvalue weighted by atomic mass is 10.1. The van der Waals surface area contributed by atoms with Crippen LogP contribution in [0.25, 0.3) is 0 Å². The Morgan fingerprint density at radius 1 is 1.41 bits per heavy atom. The Bertz CT molecular complexity index is 330. The Morgan fingerprint density at radius 2 is 2.06 bits per heavy atom. The molecule has 1 fully saturated rings. The highest BCUT2D eigenvalue weighted by molar-refractivity contribution is 7.86. The van der Waals surface area contributed by atoms with Crippen molar-refractivity contribution in [3.63, 3.8) is 0 Å². The summed E-state index contributed by atoms with van der Waals surface area (Å²) in [4.78, 5) is 0. The fraction of sp³-hybridized carbons (Fsp3) is 1.00. The number of hydrogen-bond acceptors (Lipinski definition) is 3. The van der Waals surface area contributed by atoms with Gasteiger partial charge in [-0.3, -0.25) is 0 Å². The van der Waals surface area contributed by atoms with Gasteiger partial charge < -0.3 is 5.73 Å². The first-order valence-electron chi connectivity index (χ1n) is 6.43. The van der Waals surface area contributed by atoms with Gasteiger partial charge in [0, 0.05) is 31.7 Å². The highest BCUT2D eigenvalue weighted by Crippen LogP contribution is 2.23. The quantitative estimate of drug-likeness (QED) is 0.797. The number of hydrogen-bond donors (Lipinski definition) is 1. The predicted octanol–water partition coefficient (Wildman–Crippen LogP) is 0.775. The van der Waals surface area contributed by atoms with E-state index >= 15 is 0 Å². The Morgan fingerprint density at radius 3 is 2.53 bits per heavy atom. The molecule has 0 bridgehead atoms. The average Bonchev–Trinajstić information content (AvgIpc) is 2.29. The molecule has 2 N–H and O–H groups in total. The summed E-state index contributed by atoms with van der Waals surface area (Å²) in [6.07, 6.45) is 2.89. The van der Waals surface area contributed by atoms with Crippen molar-refractivity contribution in [3.05, 3.63) is 0 Å². The van der Waals surface area contributed by atoms with Crippen LogP contribution in [0.3, 0.4) is 0 Å². The van der Waals surface area contributed by atoms with Crippen molar-refractivity contribution in [2.45, 2.75) is 52.1 Å². The third kappa shape index (κ3) is 3.19. The topological polar surface area (TPSA) is 66.6 Å². The van der Waals surface area contributed by atoms with E-state index in [-0.39, 0.29) is 12.1 Å². The largest absolute Gasteiger partial charge is 0.329 e. The maximum Gasteiger partial charge on any atom is 0.282 e. The van der Waals surface area contributed by atoms with Crippen molar-refractivity contribution in [1.29, 1.82) is 0 Å². The summed E-state index contributed by atoms with van der Waals surface area (Å²) < 4.78 is 28.2. The highest BCUT2D eigenvalue weighted by atomic mass is 32.2. The van der Waals surface area contributed by atoms with Crippen molar-refractivity contribution in [3.8, 4) is 0 Å². The zero-order valence-electron chi connectivity index (χ0n) is 11.1. The molecule has 0 radical (unpaired) electrons. The van der Waals surface area contributed by atoms with Gasteiger partial charge >= 0.3 is 0 Å². The van der Waals surface area contributed by atoms with Crippen LogP contribution in [0.15, 0.2) is 0 Å². The van der Waals surface area contributed by atoms with Gasteiger partial charge in [0.15, 0.2) is 0 Å². The highest BCUT2D eigenvalue weighted by Gasteiger charge is 2.36. The molecule has 1 aliphatic rings. The number of rotatable bonds is 5. The maximum absolute atomic E-state index is 12.5. The molecular formula is C11H25N3O2S. The maximum atomic E-state index is 12.5. The molecule has 17 heavy (non-hydrogen) atoms. The Labute approximate surface area is 105 Å². The van der Waals surface area contributed by atoms with Crippen molar-refractivity contribution in [2.75, 3.05) is 19.6 Å². The van der Waals surface area contributed by atoms with Gasteiger partial charge in [0.05, 0.1) is 0 Å². The van der Waals surface area contributed by atoms with Crippen molar-refractivity contribution in [2.24, 2.45) is 5.73 Å². The van der Waals surface area contributed by atoms with Gasteiger partial charge in [-0.15, -0.1) is 0 Å². The smallest absolute Gasteiger partial charge is 0.282 e. The van der Waals surface area contributed by atoms with Crippen LogP contribution in [0.5, 0.6) is 0 Å². The molecule has 0 aromatic carbocycles. The second kappa shape index (κ2) is 6.13. The third-order valence-electron chi connectivity index (χ3n) is 3.33. The lowest BCUT2D eigenvalue weighted by molar-refractivity contribution is 0.228. The Kier molecular flexibility index (Phi) is 5.37. The van der Waals surface area contributed by atoms with E-state index in [1.807, 2.05) is 20.8 Å². The molecule has 1 rings (SSSR count). The molecule has 0 aromatic heterocycles. The monoisotopic (exact) mass is 263 g/mol. The summed E-state index contributed by atoms with van der Waals surface area (Å²) in [6, 6.07) is -0.0353. The molecule has 0 aliphatic carbocycles.